The fraction of sp³-hybridized carbons (Fsp3) is 0.250. The summed E-state index contributed by atoms with van der Waals surface area (Å²) in [5.74, 6) is -0.0262. The molecule has 4 nitrogen and oxygen atoms in total. The average molecular weight is 371 g/mol. The zero-order valence-corrected chi connectivity index (χ0v) is 16.3. The van der Waals surface area contributed by atoms with Crippen LogP contribution in [0.5, 0.6) is 0 Å². The van der Waals surface area contributed by atoms with Gasteiger partial charge < -0.3 is 11.1 Å². The lowest BCUT2D eigenvalue weighted by molar-refractivity contribution is -0.122. The van der Waals surface area contributed by atoms with Crippen molar-refractivity contribution in [2.24, 2.45) is 5.92 Å². The minimum Gasteiger partial charge on any atom is -0.398 e. The van der Waals surface area contributed by atoms with Gasteiger partial charge in [0.1, 0.15) is 6.54 Å². The van der Waals surface area contributed by atoms with Crippen LogP contribution in [0.1, 0.15) is 31.7 Å². The van der Waals surface area contributed by atoms with Crippen molar-refractivity contribution in [3.63, 3.8) is 0 Å². The van der Waals surface area contributed by atoms with Gasteiger partial charge in [0.2, 0.25) is 5.91 Å². The molecule has 0 fully saturated rings. The molecule has 0 radical (unpaired) electrons. The summed E-state index contributed by atoms with van der Waals surface area (Å²) in [7, 11) is 0. The van der Waals surface area contributed by atoms with Crippen molar-refractivity contribution < 1.29 is 4.79 Å². The molecule has 142 valence electrons. The van der Waals surface area contributed by atoms with E-state index in [1.165, 1.54) is 0 Å². The lowest BCUT2D eigenvalue weighted by Crippen LogP contribution is -2.30. The number of hydrogen-bond acceptors (Lipinski definition) is 3. The highest BCUT2D eigenvalue weighted by Gasteiger charge is 2.22. The number of carbonyl (C=O) groups is 1. The smallest absolute Gasteiger partial charge is 0.228 e. The summed E-state index contributed by atoms with van der Waals surface area (Å²) in [6.45, 7) is 4.22. The molecule has 0 aliphatic carbocycles. The van der Waals surface area contributed by atoms with E-state index < -0.39 is 0 Å². The molecule has 0 unspecified atom stereocenters. The first-order valence-corrected chi connectivity index (χ1v) is 9.53. The molecule has 0 heterocycles. The van der Waals surface area contributed by atoms with E-state index in [1.54, 1.807) is 0 Å². The van der Waals surface area contributed by atoms with E-state index in [4.69, 9.17) is 11.0 Å². The summed E-state index contributed by atoms with van der Waals surface area (Å²) in [4.78, 5) is 12.7. The topological polar surface area (TPSA) is 78.9 Å². The number of nitrogens with zero attached hydrogens (tertiary/aromatic N) is 1. The van der Waals surface area contributed by atoms with Crippen LogP contribution in [0, 0.1) is 17.2 Å². The van der Waals surface area contributed by atoms with Crippen molar-refractivity contribution in [1.82, 2.24) is 5.32 Å². The second-order valence-electron chi connectivity index (χ2n) is 7.43. The number of nitrogens with two attached hydrogens (primary N) is 1. The lowest BCUT2D eigenvalue weighted by atomic mass is 9.87. The fourth-order valence-electron chi connectivity index (χ4n) is 3.61. The predicted molar refractivity (Wildman–Crippen MR) is 115 cm³/mol. The number of carbonyl (C=O) groups excluding carboxylic acids is 1. The Labute approximate surface area is 166 Å². The van der Waals surface area contributed by atoms with Gasteiger partial charge in [-0.05, 0) is 40.5 Å². The second-order valence-corrected chi connectivity index (χ2v) is 7.43. The molecule has 3 rings (SSSR count). The Morgan fingerprint density at radius 2 is 1.82 bits per heavy atom. The Bertz CT molecular complexity index is 1030. The maximum Gasteiger partial charge on any atom is 0.228 e. The zero-order chi connectivity index (χ0) is 20.1. The molecule has 0 aromatic heterocycles. The molecule has 0 spiro atoms. The van der Waals surface area contributed by atoms with E-state index in [9.17, 15) is 4.79 Å². The van der Waals surface area contributed by atoms with Crippen LogP contribution >= 0.6 is 0 Å². The Kier molecular flexibility index (Phi) is 5.96. The summed E-state index contributed by atoms with van der Waals surface area (Å²) in [6, 6.07) is 22.1. The third kappa shape index (κ3) is 4.15. The number of hydrogen-bond donors (Lipinski definition) is 2. The summed E-state index contributed by atoms with van der Waals surface area (Å²) >= 11 is 0. The van der Waals surface area contributed by atoms with E-state index in [2.05, 4.69) is 37.4 Å². The Balaban J connectivity index is 2.05. The number of nitrogens with one attached hydrogen (secondary N) is 1. The minimum atomic E-state index is -0.284. The van der Waals surface area contributed by atoms with E-state index in [1.807, 2.05) is 48.5 Å². The number of rotatable bonds is 6. The molecular formula is C24H25N3O. The number of fused-ring (bicyclic) bond motifs is 1. The lowest BCUT2D eigenvalue weighted by Gasteiger charge is -2.19. The van der Waals surface area contributed by atoms with E-state index in [-0.39, 0.29) is 18.4 Å². The zero-order valence-electron chi connectivity index (χ0n) is 16.3. The van der Waals surface area contributed by atoms with Gasteiger partial charge in [0.05, 0.1) is 12.0 Å². The Hall–Kier alpha value is -3.32. The van der Waals surface area contributed by atoms with Gasteiger partial charge >= 0.3 is 0 Å². The fourth-order valence-corrected chi connectivity index (χ4v) is 3.61. The first kappa shape index (κ1) is 19.4. The predicted octanol–water partition coefficient (Wildman–Crippen LogP) is 4.86. The molecule has 1 amide bonds. The van der Waals surface area contributed by atoms with Gasteiger partial charge in [-0.15, -0.1) is 0 Å². The molecule has 3 aromatic carbocycles. The van der Waals surface area contributed by atoms with Gasteiger partial charge in [-0.25, -0.2) is 0 Å². The quantitative estimate of drug-likeness (QED) is 0.480. The molecule has 0 saturated carbocycles. The number of nitriles is 1. The molecule has 1 atom stereocenters. The molecular weight excluding hydrogens is 346 g/mol. The highest BCUT2D eigenvalue weighted by Crippen LogP contribution is 2.34. The van der Waals surface area contributed by atoms with Gasteiger partial charge in [0.25, 0.3) is 0 Å². The monoisotopic (exact) mass is 371 g/mol. The van der Waals surface area contributed by atoms with Crippen LogP contribution in [-0.4, -0.2) is 12.5 Å². The summed E-state index contributed by atoms with van der Waals surface area (Å²) in [6.07, 6.45) is 0.725. The van der Waals surface area contributed by atoms with E-state index >= 15 is 0 Å². The molecule has 4 heteroatoms. The summed E-state index contributed by atoms with van der Waals surface area (Å²) in [5, 5.41) is 13.6. The second kappa shape index (κ2) is 8.58. The third-order valence-electron chi connectivity index (χ3n) is 4.92. The highest BCUT2D eigenvalue weighted by atomic mass is 16.1. The van der Waals surface area contributed by atoms with Crippen LogP contribution in [0.4, 0.5) is 5.69 Å². The third-order valence-corrected chi connectivity index (χ3v) is 4.92. The van der Waals surface area contributed by atoms with Crippen molar-refractivity contribution in [3.05, 3.63) is 66.2 Å². The van der Waals surface area contributed by atoms with Crippen LogP contribution in [0.15, 0.2) is 60.7 Å². The number of amides is 1. The van der Waals surface area contributed by atoms with Gasteiger partial charge in [-0.2, -0.15) is 5.26 Å². The largest absolute Gasteiger partial charge is 0.398 e. The average Bonchev–Trinajstić information content (AvgIpc) is 2.70. The minimum absolute atomic E-state index is 0.0235. The molecule has 28 heavy (non-hydrogen) atoms. The van der Waals surface area contributed by atoms with Crippen LogP contribution in [0.3, 0.4) is 0 Å². The van der Waals surface area contributed by atoms with Gasteiger partial charge in [0.15, 0.2) is 0 Å². The first-order valence-electron chi connectivity index (χ1n) is 9.53. The molecule has 3 N–H and O–H groups in total. The van der Waals surface area contributed by atoms with Crippen molar-refractivity contribution in [1.29, 1.82) is 5.26 Å². The normalized spacial score (nSPS) is 11.9. The molecule has 0 bridgehead atoms. The Morgan fingerprint density at radius 3 is 2.54 bits per heavy atom. The van der Waals surface area contributed by atoms with Crippen molar-refractivity contribution in [3.8, 4) is 17.2 Å². The maximum absolute atomic E-state index is 12.7. The number of benzene rings is 3. The molecule has 0 aliphatic rings. The molecule has 0 aliphatic heterocycles. The number of anilines is 1. The maximum atomic E-state index is 12.7. The van der Waals surface area contributed by atoms with Crippen LogP contribution in [-0.2, 0) is 4.79 Å². The van der Waals surface area contributed by atoms with Crippen LogP contribution in [0.25, 0.3) is 21.9 Å². The van der Waals surface area contributed by atoms with Gasteiger partial charge in [-0.3, -0.25) is 4.79 Å². The summed E-state index contributed by atoms with van der Waals surface area (Å²) in [5.41, 5.74) is 10.00. The first-order chi connectivity index (χ1) is 13.5. The van der Waals surface area contributed by atoms with Gasteiger partial charge in [0, 0.05) is 11.1 Å². The summed E-state index contributed by atoms with van der Waals surface area (Å²) < 4.78 is 0. The van der Waals surface area contributed by atoms with Gasteiger partial charge in [-0.1, -0.05) is 68.4 Å². The van der Waals surface area contributed by atoms with Crippen molar-refractivity contribution in [2.75, 3.05) is 12.3 Å². The molecule has 3 aromatic rings. The Morgan fingerprint density at radius 1 is 1.07 bits per heavy atom. The van der Waals surface area contributed by atoms with Crippen molar-refractivity contribution >= 4 is 22.4 Å². The van der Waals surface area contributed by atoms with E-state index in [0.717, 1.165) is 39.6 Å². The van der Waals surface area contributed by atoms with Crippen LogP contribution in [0.2, 0.25) is 0 Å². The van der Waals surface area contributed by atoms with Crippen molar-refractivity contribution in [2.45, 2.75) is 26.2 Å². The van der Waals surface area contributed by atoms with Crippen LogP contribution < -0.4 is 11.1 Å². The number of nitrogen functional groups attached to an aromatic ring is 1. The standard InChI is InChI=1S/C24H25N3O/c1-16(2)14-22(24(28)27-13-12-25)18-7-5-6-17(15-18)19-10-11-23(26)21-9-4-3-8-20(19)21/h3-11,15-16,22H,13-14,26H2,1-2H3,(H,27,28)/t22-/m1/s1. The molecule has 0 saturated heterocycles. The SMILES string of the molecule is CC(C)C[C@@H](C(=O)NCC#N)c1cccc(-c2ccc(N)c3ccccc23)c1. The van der Waals surface area contributed by atoms with E-state index in [0.29, 0.717) is 5.92 Å². The highest BCUT2D eigenvalue weighted by molar-refractivity contribution is 6.03.